The quantitative estimate of drug-likeness (QED) is 0.0261. The molecule has 1 aliphatic rings. The average Bonchev–Trinajstić information content (AvgIpc) is 2.59. The first-order chi connectivity index (χ1) is 43.8. The molecule has 0 saturated carbocycles. The molecule has 0 bridgehead atoms. The standard InChI is InChI=1S/C80H135NO8/c1-3-5-7-9-11-13-15-17-19-21-23-25-27-29-30-31-32-33-34-35-36-37-38-39-40-41-42-43-44-46-48-50-52-54-56-58-60-62-64-66-68-70-76(84)81-73(72-88-80-79(87)78(86)77(85)75(71-82)89-80)74(83)69-67-65-63-61-59-57-55-53-51-49-47-45-28-26-24-22-20-18-16-14-12-10-8-6-4-2/h5,7,11,13,17,19,23,25,29-30,32-33,35-36,38-39,41-42,51,53,59,61,67,69,73-75,77-80,82-83,85-87H,3-4,6,8-10,12,14-16,18,20-22,24,26-28,31,34,37,40,43-50,52,54-58,60,62-66,68,70-72H2,1-2H3,(H,81,84)/b7-5-,13-11-,19-17-,25-23-,30-29-,33-32-,36-35-,39-38-,42-41-,53-51+,61-59+,69-67+. The van der Waals surface area contributed by atoms with Crippen LogP contribution in [0.25, 0.3) is 0 Å². The van der Waals surface area contributed by atoms with E-state index in [1.54, 1.807) is 6.08 Å². The maximum atomic E-state index is 13.1. The van der Waals surface area contributed by atoms with Crippen LogP contribution in [-0.4, -0.2) is 87.5 Å². The van der Waals surface area contributed by atoms with Crippen LogP contribution in [0.5, 0.6) is 0 Å². The van der Waals surface area contributed by atoms with Gasteiger partial charge in [-0.2, -0.15) is 0 Å². The number of unbranched alkanes of at least 4 members (excludes halogenated alkanes) is 30. The zero-order chi connectivity index (χ0) is 64.2. The van der Waals surface area contributed by atoms with Crippen molar-refractivity contribution >= 4 is 5.91 Å². The molecule has 0 aromatic carbocycles. The molecule has 0 aromatic rings. The molecule has 1 aliphatic heterocycles. The first-order valence-electron chi connectivity index (χ1n) is 36.6. The molecule has 6 N–H and O–H groups in total. The SMILES string of the molecule is CC/C=C\C/C=C\C/C=C\C/C=C\C/C=C\C/C=C\C/C=C\C/C=C\C/C=C\CCCCCCCCCCCCCCCC(=O)NC(COC1OC(CO)C(O)C(O)C1O)C(O)/C=C/CC/C=C/CC/C=C/CCCCCCCCCCCCCCCCC. The summed E-state index contributed by atoms with van der Waals surface area (Å²) in [5.74, 6) is -0.195. The third-order valence-corrected chi connectivity index (χ3v) is 16.4. The summed E-state index contributed by atoms with van der Waals surface area (Å²) in [4.78, 5) is 13.1. The zero-order valence-corrected chi connectivity index (χ0v) is 56.9. The Kier molecular flexibility index (Phi) is 62.5. The Labute approximate surface area is 546 Å². The van der Waals surface area contributed by atoms with Crippen molar-refractivity contribution in [3.05, 3.63) is 146 Å². The van der Waals surface area contributed by atoms with E-state index in [0.29, 0.717) is 6.42 Å². The van der Waals surface area contributed by atoms with E-state index in [-0.39, 0.29) is 12.5 Å². The molecule has 0 aromatic heterocycles. The van der Waals surface area contributed by atoms with Gasteiger partial charge < -0.3 is 40.3 Å². The number of allylic oxidation sites excluding steroid dienone is 23. The molecular formula is C80H135NO8. The summed E-state index contributed by atoms with van der Waals surface area (Å²) in [6.45, 7) is 3.66. The zero-order valence-electron chi connectivity index (χ0n) is 56.9. The Morgan fingerprint density at radius 1 is 0.393 bits per heavy atom. The van der Waals surface area contributed by atoms with Crippen molar-refractivity contribution in [1.29, 1.82) is 0 Å². The molecule has 7 atom stereocenters. The van der Waals surface area contributed by atoms with Crippen LogP contribution in [0.1, 0.15) is 296 Å². The predicted octanol–water partition coefficient (Wildman–Crippen LogP) is 20.5. The number of aliphatic hydroxyl groups is 5. The van der Waals surface area contributed by atoms with E-state index in [1.807, 2.05) is 6.08 Å². The van der Waals surface area contributed by atoms with Crippen molar-refractivity contribution in [2.24, 2.45) is 0 Å². The fourth-order valence-corrected chi connectivity index (χ4v) is 10.7. The molecule has 89 heavy (non-hydrogen) atoms. The number of ether oxygens (including phenoxy) is 2. The van der Waals surface area contributed by atoms with Gasteiger partial charge in [0.2, 0.25) is 5.91 Å². The fourth-order valence-electron chi connectivity index (χ4n) is 10.7. The molecule has 1 amide bonds. The van der Waals surface area contributed by atoms with Gasteiger partial charge in [0.05, 0.1) is 25.4 Å². The maximum Gasteiger partial charge on any atom is 0.220 e. The number of hydrogen-bond donors (Lipinski definition) is 6. The number of carbonyl (C=O) groups excluding carboxylic acids is 1. The minimum absolute atomic E-state index is 0.195. The Bertz CT molecular complexity index is 1920. The summed E-state index contributed by atoms with van der Waals surface area (Å²) >= 11 is 0. The lowest BCUT2D eigenvalue weighted by Gasteiger charge is -2.40. The Hall–Kier alpha value is -3.93. The van der Waals surface area contributed by atoms with Gasteiger partial charge in [-0.25, -0.2) is 0 Å². The first-order valence-corrected chi connectivity index (χ1v) is 36.6. The largest absolute Gasteiger partial charge is 0.394 e. The lowest BCUT2D eigenvalue weighted by molar-refractivity contribution is -0.302. The maximum absolute atomic E-state index is 13.1. The van der Waals surface area contributed by atoms with Gasteiger partial charge >= 0.3 is 0 Å². The molecule has 0 radical (unpaired) electrons. The molecule has 9 nitrogen and oxygen atoms in total. The van der Waals surface area contributed by atoms with Gasteiger partial charge in [-0.3, -0.25) is 4.79 Å². The van der Waals surface area contributed by atoms with Crippen molar-refractivity contribution < 1.29 is 39.8 Å². The van der Waals surface area contributed by atoms with Crippen LogP contribution in [0.2, 0.25) is 0 Å². The Morgan fingerprint density at radius 3 is 1.08 bits per heavy atom. The summed E-state index contributed by atoms with van der Waals surface area (Å²) in [5, 5.41) is 54.8. The molecule has 508 valence electrons. The highest BCUT2D eigenvalue weighted by molar-refractivity contribution is 5.76. The third kappa shape index (κ3) is 55.4. The summed E-state index contributed by atoms with van der Waals surface area (Å²) in [5.41, 5.74) is 0. The average molecular weight is 1240 g/mol. The Balaban J connectivity index is 2.15. The molecule has 1 saturated heterocycles. The van der Waals surface area contributed by atoms with E-state index < -0.39 is 49.5 Å². The number of rotatable bonds is 62. The van der Waals surface area contributed by atoms with Gasteiger partial charge in [0, 0.05) is 6.42 Å². The van der Waals surface area contributed by atoms with Gasteiger partial charge in [-0.1, -0.05) is 320 Å². The number of carbonyl (C=O) groups is 1. The second-order valence-corrected chi connectivity index (χ2v) is 24.6. The van der Waals surface area contributed by atoms with Crippen molar-refractivity contribution in [2.45, 2.75) is 339 Å². The molecule has 1 rings (SSSR count). The van der Waals surface area contributed by atoms with Crippen molar-refractivity contribution in [2.75, 3.05) is 13.2 Å². The van der Waals surface area contributed by atoms with Crippen molar-refractivity contribution in [3.8, 4) is 0 Å². The van der Waals surface area contributed by atoms with Crippen LogP contribution < -0.4 is 5.32 Å². The third-order valence-electron chi connectivity index (χ3n) is 16.4. The number of amides is 1. The smallest absolute Gasteiger partial charge is 0.220 e. The molecule has 1 heterocycles. The normalized spacial score (nSPS) is 18.8. The summed E-state index contributed by atoms with van der Waals surface area (Å²) in [6.07, 6.45) is 96.7. The fraction of sp³-hybridized carbons (Fsp3) is 0.688. The van der Waals surface area contributed by atoms with Crippen molar-refractivity contribution in [3.63, 3.8) is 0 Å². The van der Waals surface area contributed by atoms with Crippen LogP contribution in [-0.2, 0) is 14.3 Å². The lowest BCUT2D eigenvalue weighted by Crippen LogP contribution is -2.60. The predicted molar refractivity (Wildman–Crippen MR) is 382 cm³/mol. The van der Waals surface area contributed by atoms with Crippen LogP contribution >= 0.6 is 0 Å². The van der Waals surface area contributed by atoms with Crippen LogP contribution in [0.4, 0.5) is 0 Å². The second kappa shape index (κ2) is 67.0. The topological polar surface area (TPSA) is 149 Å². The summed E-state index contributed by atoms with van der Waals surface area (Å²) in [6, 6.07) is -0.839. The van der Waals surface area contributed by atoms with Crippen LogP contribution in [0, 0.1) is 0 Å². The van der Waals surface area contributed by atoms with Crippen molar-refractivity contribution in [1.82, 2.24) is 5.32 Å². The Morgan fingerprint density at radius 2 is 0.708 bits per heavy atom. The van der Waals surface area contributed by atoms with Gasteiger partial charge in [0.15, 0.2) is 6.29 Å². The lowest BCUT2D eigenvalue weighted by atomic mass is 9.99. The molecule has 0 spiro atoms. The summed E-state index contributed by atoms with van der Waals surface area (Å²) in [7, 11) is 0. The number of hydrogen-bond acceptors (Lipinski definition) is 8. The first kappa shape index (κ1) is 83.1. The monoisotopic (exact) mass is 1240 g/mol. The van der Waals surface area contributed by atoms with E-state index in [2.05, 4.69) is 153 Å². The molecule has 7 unspecified atom stereocenters. The van der Waals surface area contributed by atoms with Gasteiger partial charge in [0.1, 0.15) is 24.4 Å². The van der Waals surface area contributed by atoms with E-state index in [0.717, 1.165) is 103 Å². The molecular weight excluding hydrogens is 1100 g/mol. The van der Waals surface area contributed by atoms with E-state index >= 15 is 0 Å². The number of aliphatic hydroxyl groups excluding tert-OH is 5. The van der Waals surface area contributed by atoms with Gasteiger partial charge in [0.25, 0.3) is 0 Å². The number of nitrogens with one attached hydrogen (secondary N) is 1. The molecule has 1 fully saturated rings. The summed E-state index contributed by atoms with van der Waals surface area (Å²) < 4.78 is 11.3. The van der Waals surface area contributed by atoms with Crippen LogP contribution in [0.15, 0.2) is 146 Å². The van der Waals surface area contributed by atoms with E-state index in [4.69, 9.17) is 9.47 Å². The second-order valence-electron chi connectivity index (χ2n) is 24.6. The van der Waals surface area contributed by atoms with Gasteiger partial charge in [-0.15, -0.1) is 0 Å². The highest BCUT2D eigenvalue weighted by Crippen LogP contribution is 2.23. The van der Waals surface area contributed by atoms with Crippen LogP contribution in [0.3, 0.4) is 0 Å². The molecule has 9 heteroatoms. The minimum atomic E-state index is -1.58. The van der Waals surface area contributed by atoms with Gasteiger partial charge in [-0.05, 0) is 116 Å². The minimum Gasteiger partial charge on any atom is -0.394 e. The molecule has 0 aliphatic carbocycles. The highest BCUT2D eigenvalue weighted by atomic mass is 16.7. The van der Waals surface area contributed by atoms with E-state index in [1.165, 1.54) is 173 Å². The van der Waals surface area contributed by atoms with E-state index in [9.17, 15) is 30.3 Å². The highest BCUT2D eigenvalue weighted by Gasteiger charge is 2.44.